The smallest absolute Gasteiger partial charge is 0.142 e. The van der Waals surface area contributed by atoms with Crippen LogP contribution in [0.15, 0.2) is 11.3 Å². The van der Waals surface area contributed by atoms with E-state index in [-0.39, 0.29) is 0 Å². The molecular formula is C10H11IN4O. The average Bonchev–Trinajstić information content (AvgIpc) is 2.73. The molecular weight excluding hydrogens is 319 g/mol. The summed E-state index contributed by atoms with van der Waals surface area (Å²) >= 11 is 2.26. The van der Waals surface area contributed by atoms with Gasteiger partial charge >= 0.3 is 0 Å². The maximum absolute atomic E-state index is 5.35. The van der Waals surface area contributed by atoms with Crippen molar-refractivity contribution in [2.24, 2.45) is 4.99 Å². The lowest BCUT2D eigenvalue weighted by atomic mass is 10.2. The number of ether oxygens (including phenoxy) is 1. The van der Waals surface area contributed by atoms with Crippen molar-refractivity contribution in [3.8, 4) is 0 Å². The minimum atomic E-state index is 0.688. The molecule has 0 N–H and O–H groups in total. The van der Waals surface area contributed by atoms with Gasteiger partial charge in [-0.05, 0) is 22.6 Å². The van der Waals surface area contributed by atoms with Crippen molar-refractivity contribution in [3.63, 3.8) is 0 Å². The highest BCUT2D eigenvalue weighted by Gasteiger charge is 2.24. The Hall–Kier alpha value is -0.760. The molecule has 84 valence electrons. The minimum Gasteiger partial charge on any atom is -0.378 e. The quantitative estimate of drug-likeness (QED) is 0.721. The van der Waals surface area contributed by atoms with E-state index in [1.165, 1.54) is 0 Å². The van der Waals surface area contributed by atoms with Gasteiger partial charge in [-0.3, -0.25) is 4.99 Å². The number of aliphatic imine (C=N–C) groups is 1. The predicted molar refractivity (Wildman–Crippen MR) is 69.3 cm³/mol. The summed E-state index contributed by atoms with van der Waals surface area (Å²) in [5.74, 6) is 1.01. The van der Waals surface area contributed by atoms with Gasteiger partial charge < -0.3 is 9.64 Å². The molecule has 6 heteroatoms. The molecule has 1 aromatic heterocycles. The second kappa shape index (κ2) is 4.25. The van der Waals surface area contributed by atoms with Crippen LogP contribution in [-0.2, 0) is 11.3 Å². The fraction of sp³-hybridized carbons (Fsp3) is 0.500. The molecule has 0 aliphatic carbocycles. The van der Waals surface area contributed by atoms with Crippen LogP contribution in [0.3, 0.4) is 0 Å². The number of hydrogen-bond acceptors (Lipinski definition) is 5. The molecule has 1 aromatic rings. The lowest BCUT2D eigenvalue weighted by molar-refractivity contribution is 0.122. The molecule has 1 saturated heterocycles. The Morgan fingerprint density at radius 2 is 2.06 bits per heavy atom. The van der Waals surface area contributed by atoms with Crippen molar-refractivity contribution in [1.82, 2.24) is 9.97 Å². The van der Waals surface area contributed by atoms with Crippen molar-refractivity contribution in [2.75, 3.05) is 31.2 Å². The first-order chi connectivity index (χ1) is 7.86. The van der Waals surface area contributed by atoms with Gasteiger partial charge in [-0.15, -0.1) is 0 Å². The Morgan fingerprint density at radius 1 is 1.25 bits per heavy atom. The van der Waals surface area contributed by atoms with Gasteiger partial charge in [-0.1, -0.05) is 0 Å². The highest BCUT2D eigenvalue weighted by atomic mass is 127. The minimum absolute atomic E-state index is 0.688. The Balaban J connectivity index is 2.01. The van der Waals surface area contributed by atoms with Crippen molar-refractivity contribution >= 4 is 32.1 Å². The molecule has 0 unspecified atom stereocenters. The van der Waals surface area contributed by atoms with E-state index >= 15 is 0 Å². The summed E-state index contributed by atoms with van der Waals surface area (Å²) in [5, 5.41) is 0. The Labute approximate surface area is 107 Å². The third kappa shape index (κ3) is 1.69. The zero-order chi connectivity index (χ0) is 11.0. The second-order valence-corrected chi connectivity index (χ2v) is 4.75. The van der Waals surface area contributed by atoms with E-state index in [2.05, 4.69) is 42.5 Å². The van der Waals surface area contributed by atoms with Crippen molar-refractivity contribution in [2.45, 2.75) is 6.54 Å². The first kappa shape index (κ1) is 10.4. The highest BCUT2D eigenvalue weighted by molar-refractivity contribution is 14.1. The molecule has 0 spiro atoms. The fourth-order valence-electron chi connectivity index (χ4n) is 1.98. The lowest BCUT2D eigenvalue weighted by Gasteiger charge is -2.28. The molecule has 3 rings (SSSR count). The lowest BCUT2D eigenvalue weighted by Crippen LogP contribution is -2.37. The topological polar surface area (TPSA) is 50.6 Å². The number of hydrogen-bond donors (Lipinski definition) is 0. The summed E-state index contributed by atoms with van der Waals surface area (Å²) in [5.41, 5.74) is 2.16. The number of anilines is 1. The van der Waals surface area contributed by atoms with Crippen LogP contribution in [0.2, 0.25) is 0 Å². The van der Waals surface area contributed by atoms with Crippen LogP contribution in [0, 0.1) is 0 Å². The highest BCUT2D eigenvalue weighted by Crippen LogP contribution is 2.28. The fourth-order valence-corrected chi connectivity index (χ4v) is 2.70. The maximum Gasteiger partial charge on any atom is 0.142 e. The van der Waals surface area contributed by atoms with Crippen molar-refractivity contribution < 1.29 is 4.74 Å². The molecule has 3 heterocycles. The third-order valence-corrected chi connectivity index (χ3v) is 3.67. The van der Waals surface area contributed by atoms with E-state index in [0.717, 1.165) is 47.1 Å². The van der Waals surface area contributed by atoms with Crippen LogP contribution >= 0.6 is 22.6 Å². The van der Waals surface area contributed by atoms with Crippen LogP contribution in [0.4, 0.5) is 5.82 Å². The molecule has 0 bridgehead atoms. The van der Waals surface area contributed by atoms with Crippen LogP contribution in [0.5, 0.6) is 0 Å². The number of morpholine rings is 1. The van der Waals surface area contributed by atoms with Gasteiger partial charge in [0.05, 0.1) is 31.0 Å². The molecule has 2 aliphatic heterocycles. The SMILES string of the molecule is IC1=NCc2ncnc(N3CCOCC3)c21. The molecule has 0 aromatic carbocycles. The van der Waals surface area contributed by atoms with Crippen LogP contribution < -0.4 is 4.90 Å². The molecule has 0 amide bonds. The summed E-state index contributed by atoms with van der Waals surface area (Å²) in [6.45, 7) is 4.02. The zero-order valence-electron chi connectivity index (χ0n) is 8.69. The standard InChI is InChI=1S/C10H11IN4O/c11-9-8-7(5-12-9)13-6-14-10(8)15-1-3-16-4-2-15/h6H,1-5H2. The van der Waals surface area contributed by atoms with Gasteiger partial charge in [-0.25, -0.2) is 9.97 Å². The number of nitrogens with zero attached hydrogens (tertiary/aromatic N) is 4. The first-order valence-electron chi connectivity index (χ1n) is 5.23. The monoisotopic (exact) mass is 330 g/mol. The summed E-state index contributed by atoms with van der Waals surface area (Å²) in [4.78, 5) is 15.3. The van der Waals surface area contributed by atoms with E-state index in [1.807, 2.05) is 0 Å². The number of rotatable bonds is 1. The third-order valence-electron chi connectivity index (χ3n) is 2.79. The molecule has 1 fully saturated rings. The van der Waals surface area contributed by atoms with Gasteiger partial charge in [0.25, 0.3) is 0 Å². The summed E-state index contributed by atoms with van der Waals surface area (Å²) in [7, 11) is 0. The molecule has 0 atom stereocenters. The van der Waals surface area contributed by atoms with Crippen molar-refractivity contribution in [1.29, 1.82) is 0 Å². The van der Waals surface area contributed by atoms with Gasteiger partial charge in [0.2, 0.25) is 0 Å². The Bertz CT molecular complexity index is 442. The van der Waals surface area contributed by atoms with Crippen LogP contribution in [-0.4, -0.2) is 40.0 Å². The van der Waals surface area contributed by atoms with Gasteiger partial charge in [0.1, 0.15) is 15.9 Å². The normalized spacial score (nSPS) is 19.6. The molecule has 0 saturated carbocycles. The summed E-state index contributed by atoms with van der Waals surface area (Å²) in [6.07, 6.45) is 1.63. The van der Waals surface area contributed by atoms with Gasteiger partial charge in [-0.2, -0.15) is 0 Å². The predicted octanol–water partition coefficient (Wildman–Crippen LogP) is 1.01. The van der Waals surface area contributed by atoms with E-state index < -0.39 is 0 Å². The summed E-state index contributed by atoms with van der Waals surface area (Å²) in [6, 6.07) is 0. The zero-order valence-corrected chi connectivity index (χ0v) is 10.8. The van der Waals surface area contributed by atoms with Crippen LogP contribution in [0.1, 0.15) is 11.3 Å². The van der Waals surface area contributed by atoms with Gasteiger partial charge in [0, 0.05) is 13.1 Å². The Kier molecular flexibility index (Phi) is 2.76. The number of halogens is 1. The van der Waals surface area contributed by atoms with E-state index in [4.69, 9.17) is 4.74 Å². The number of aromatic nitrogens is 2. The largest absolute Gasteiger partial charge is 0.378 e. The van der Waals surface area contributed by atoms with E-state index in [9.17, 15) is 0 Å². The Morgan fingerprint density at radius 3 is 2.88 bits per heavy atom. The van der Waals surface area contributed by atoms with E-state index in [1.54, 1.807) is 6.33 Å². The average molecular weight is 330 g/mol. The van der Waals surface area contributed by atoms with Crippen LogP contribution in [0.25, 0.3) is 0 Å². The maximum atomic E-state index is 5.35. The molecule has 16 heavy (non-hydrogen) atoms. The second-order valence-electron chi connectivity index (χ2n) is 3.73. The molecule has 0 radical (unpaired) electrons. The van der Waals surface area contributed by atoms with Gasteiger partial charge in [0.15, 0.2) is 0 Å². The summed E-state index contributed by atoms with van der Waals surface area (Å²) < 4.78 is 6.37. The van der Waals surface area contributed by atoms with E-state index in [0.29, 0.717) is 6.54 Å². The number of fused-ring (bicyclic) bond motifs is 1. The molecule has 2 aliphatic rings. The molecule has 5 nitrogen and oxygen atoms in total. The first-order valence-corrected chi connectivity index (χ1v) is 6.31. The van der Waals surface area contributed by atoms with Crippen molar-refractivity contribution in [3.05, 3.63) is 17.6 Å².